The first kappa shape index (κ1) is 12.0. The summed E-state index contributed by atoms with van der Waals surface area (Å²) in [5.74, 6) is 0.383. The Balaban J connectivity index is 2.05. The van der Waals surface area contributed by atoms with E-state index in [9.17, 15) is 15.2 Å². The Morgan fingerprint density at radius 3 is 2.89 bits per heavy atom. The zero-order valence-corrected chi connectivity index (χ0v) is 10.3. The molecule has 1 unspecified atom stereocenters. The lowest BCUT2D eigenvalue weighted by molar-refractivity contribution is -0.383. The van der Waals surface area contributed by atoms with E-state index in [0.717, 1.165) is 18.4 Å². The Morgan fingerprint density at radius 1 is 1.42 bits per heavy atom. The Labute approximate surface area is 110 Å². The molecule has 2 aromatic rings. The topological polar surface area (TPSA) is 76.3 Å². The third-order valence-electron chi connectivity index (χ3n) is 3.62. The largest absolute Gasteiger partial charge is 0.392 e. The SMILES string of the molecule is O=[N+]([O-])c1ccc(CC(O)C2CC2)c2ncccc12. The number of hydrogen-bond donors (Lipinski definition) is 1. The molecule has 1 aliphatic carbocycles. The molecule has 98 valence electrons. The van der Waals surface area contributed by atoms with Crippen LogP contribution >= 0.6 is 0 Å². The fraction of sp³-hybridized carbons (Fsp3) is 0.357. The summed E-state index contributed by atoms with van der Waals surface area (Å²) in [7, 11) is 0. The molecule has 1 heterocycles. The van der Waals surface area contributed by atoms with Crippen molar-refractivity contribution in [3.05, 3.63) is 46.1 Å². The van der Waals surface area contributed by atoms with Crippen LogP contribution in [0.15, 0.2) is 30.5 Å². The number of non-ortho nitro benzene ring substituents is 1. The molecule has 1 fully saturated rings. The lowest BCUT2D eigenvalue weighted by Crippen LogP contribution is -2.13. The lowest BCUT2D eigenvalue weighted by atomic mass is 10.0. The molecular weight excluding hydrogens is 244 g/mol. The predicted molar refractivity (Wildman–Crippen MR) is 70.8 cm³/mol. The van der Waals surface area contributed by atoms with Crippen LogP contribution < -0.4 is 0 Å². The average Bonchev–Trinajstić information content (AvgIpc) is 3.23. The van der Waals surface area contributed by atoms with Crippen molar-refractivity contribution in [2.24, 2.45) is 5.92 Å². The van der Waals surface area contributed by atoms with Gasteiger partial charge in [0.2, 0.25) is 0 Å². The summed E-state index contributed by atoms with van der Waals surface area (Å²) in [5.41, 5.74) is 1.56. The number of nitrogens with zero attached hydrogens (tertiary/aromatic N) is 2. The Kier molecular flexibility index (Phi) is 2.91. The highest BCUT2D eigenvalue weighted by Gasteiger charge is 2.30. The number of rotatable bonds is 4. The molecule has 5 nitrogen and oxygen atoms in total. The Bertz CT molecular complexity index is 638. The summed E-state index contributed by atoms with van der Waals surface area (Å²) >= 11 is 0. The van der Waals surface area contributed by atoms with Crippen LogP contribution in [-0.4, -0.2) is 21.1 Å². The van der Waals surface area contributed by atoms with E-state index in [1.807, 2.05) is 0 Å². The smallest absolute Gasteiger partial charge is 0.278 e. The number of aliphatic hydroxyl groups is 1. The lowest BCUT2D eigenvalue weighted by Gasteiger charge is -2.11. The van der Waals surface area contributed by atoms with Crippen LogP contribution in [0.5, 0.6) is 0 Å². The summed E-state index contributed by atoms with van der Waals surface area (Å²) in [6.07, 6.45) is 3.90. The third kappa shape index (κ3) is 2.29. The number of fused-ring (bicyclic) bond motifs is 1. The van der Waals surface area contributed by atoms with Gasteiger partial charge in [-0.3, -0.25) is 15.1 Å². The van der Waals surface area contributed by atoms with Crippen molar-refractivity contribution in [3.63, 3.8) is 0 Å². The molecule has 1 aliphatic rings. The quantitative estimate of drug-likeness (QED) is 0.675. The number of nitro groups is 1. The van der Waals surface area contributed by atoms with E-state index in [1.165, 1.54) is 6.07 Å². The summed E-state index contributed by atoms with van der Waals surface area (Å²) < 4.78 is 0. The zero-order valence-electron chi connectivity index (χ0n) is 10.3. The van der Waals surface area contributed by atoms with E-state index in [0.29, 0.717) is 23.2 Å². The summed E-state index contributed by atoms with van der Waals surface area (Å²) in [4.78, 5) is 14.8. The molecule has 3 rings (SSSR count). The number of benzene rings is 1. The minimum atomic E-state index is -0.398. The summed E-state index contributed by atoms with van der Waals surface area (Å²) in [5, 5.41) is 21.5. The molecule has 0 spiro atoms. The number of pyridine rings is 1. The Hall–Kier alpha value is -2.01. The molecule has 0 bridgehead atoms. The monoisotopic (exact) mass is 258 g/mol. The fourth-order valence-corrected chi connectivity index (χ4v) is 2.41. The van der Waals surface area contributed by atoms with E-state index < -0.39 is 4.92 Å². The van der Waals surface area contributed by atoms with Gasteiger partial charge in [-0.2, -0.15) is 0 Å². The van der Waals surface area contributed by atoms with Gasteiger partial charge in [-0.1, -0.05) is 0 Å². The van der Waals surface area contributed by atoms with E-state index in [4.69, 9.17) is 0 Å². The van der Waals surface area contributed by atoms with Crippen molar-refractivity contribution >= 4 is 16.6 Å². The highest BCUT2D eigenvalue weighted by atomic mass is 16.6. The Morgan fingerprint density at radius 2 is 2.21 bits per heavy atom. The summed E-state index contributed by atoms with van der Waals surface area (Å²) in [6, 6.07) is 6.60. The molecule has 0 amide bonds. The number of aliphatic hydroxyl groups excluding tert-OH is 1. The van der Waals surface area contributed by atoms with Crippen molar-refractivity contribution in [2.45, 2.75) is 25.4 Å². The van der Waals surface area contributed by atoms with E-state index >= 15 is 0 Å². The normalized spacial score (nSPS) is 16.5. The second-order valence-corrected chi connectivity index (χ2v) is 5.01. The first-order valence-corrected chi connectivity index (χ1v) is 6.36. The zero-order chi connectivity index (χ0) is 13.4. The van der Waals surface area contributed by atoms with Crippen molar-refractivity contribution in [1.29, 1.82) is 0 Å². The van der Waals surface area contributed by atoms with E-state index in [2.05, 4.69) is 4.98 Å². The highest BCUT2D eigenvalue weighted by molar-refractivity contribution is 5.90. The van der Waals surface area contributed by atoms with Gasteiger partial charge >= 0.3 is 0 Å². The summed E-state index contributed by atoms with van der Waals surface area (Å²) in [6.45, 7) is 0. The van der Waals surface area contributed by atoms with Crippen LogP contribution in [0.3, 0.4) is 0 Å². The number of nitro benzene ring substituents is 1. The maximum absolute atomic E-state index is 11.0. The second-order valence-electron chi connectivity index (χ2n) is 5.01. The molecule has 0 saturated heterocycles. The van der Waals surface area contributed by atoms with Crippen LogP contribution in [0, 0.1) is 16.0 Å². The molecular formula is C14H14N2O3. The molecule has 1 aromatic carbocycles. The molecule has 0 aliphatic heterocycles. The van der Waals surface area contributed by atoms with Crippen molar-refractivity contribution in [1.82, 2.24) is 4.98 Å². The van der Waals surface area contributed by atoms with Gasteiger partial charge in [0.05, 0.1) is 21.9 Å². The molecule has 1 saturated carbocycles. The third-order valence-corrected chi connectivity index (χ3v) is 3.62. The maximum Gasteiger partial charge on any atom is 0.278 e. The molecule has 1 aromatic heterocycles. The number of hydrogen-bond acceptors (Lipinski definition) is 4. The minimum Gasteiger partial charge on any atom is -0.392 e. The van der Waals surface area contributed by atoms with Gasteiger partial charge in [-0.25, -0.2) is 0 Å². The van der Waals surface area contributed by atoms with Crippen LogP contribution in [0.1, 0.15) is 18.4 Å². The molecule has 1 atom stereocenters. The minimum absolute atomic E-state index is 0.0627. The highest BCUT2D eigenvalue weighted by Crippen LogP contribution is 2.35. The van der Waals surface area contributed by atoms with Crippen molar-refractivity contribution in [3.8, 4) is 0 Å². The van der Waals surface area contributed by atoms with Gasteiger partial charge in [0.15, 0.2) is 0 Å². The standard InChI is InChI=1S/C14H14N2O3/c17-13(9-3-4-9)8-10-5-6-12(16(18)19)11-2-1-7-15-14(10)11/h1-2,5-7,9,13,17H,3-4,8H2. The molecule has 19 heavy (non-hydrogen) atoms. The number of aromatic nitrogens is 1. The average molecular weight is 258 g/mol. The molecule has 5 heteroatoms. The van der Waals surface area contributed by atoms with E-state index in [-0.39, 0.29) is 11.8 Å². The van der Waals surface area contributed by atoms with Crippen molar-refractivity contribution in [2.75, 3.05) is 0 Å². The van der Waals surface area contributed by atoms with Gasteiger partial charge in [-0.15, -0.1) is 0 Å². The van der Waals surface area contributed by atoms with Gasteiger partial charge in [0.1, 0.15) is 0 Å². The van der Waals surface area contributed by atoms with Crippen LogP contribution in [0.2, 0.25) is 0 Å². The fourth-order valence-electron chi connectivity index (χ4n) is 2.41. The van der Waals surface area contributed by atoms with Gasteiger partial charge in [0.25, 0.3) is 5.69 Å². The van der Waals surface area contributed by atoms with Crippen LogP contribution in [-0.2, 0) is 6.42 Å². The van der Waals surface area contributed by atoms with Gasteiger partial charge in [-0.05, 0) is 42.5 Å². The molecule has 0 radical (unpaired) electrons. The van der Waals surface area contributed by atoms with Gasteiger partial charge < -0.3 is 5.11 Å². The predicted octanol–water partition coefficient (Wildman–Crippen LogP) is 2.46. The van der Waals surface area contributed by atoms with Crippen molar-refractivity contribution < 1.29 is 10.0 Å². The van der Waals surface area contributed by atoms with Crippen LogP contribution in [0.25, 0.3) is 10.9 Å². The first-order valence-electron chi connectivity index (χ1n) is 6.36. The van der Waals surface area contributed by atoms with Crippen LogP contribution in [0.4, 0.5) is 5.69 Å². The first-order chi connectivity index (χ1) is 9.16. The second kappa shape index (κ2) is 4.59. The molecule has 1 N–H and O–H groups in total. The van der Waals surface area contributed by atoms with E-state index in [1.54, 1.807) is 24.4 Å². The maximum atomic E-state index is 11.0. The van der Waals surface area contributed by atoms with Gasteiger partial charge in [0, 0.05) is 18.7 Å².